The fraction of sp³-hybridized carbons (Fsp3) is 0.292. The molecule has 1 fully saturated rings. The molecule has 0 bridgehead atoms. The van der Waals surface area contributed by atoms with Crippen molar-refractivity contribution in [2.45, 2.75) is 32.1 Å². The van der Waals surface area contributed by atoms with Crippen LogP contribution in [0.25, 0.3) is 6.08 Å². The molecule has 0 atom stereocenters. The van der Waals surface area contributed by atoms with Crippen LogP contribution in [0.3, 0.4) is 0 Å². The number of carboxylic acids is 1. The molecule has 1 heterocycles. The number of hydrogen-bond acceptors (Lipinski definition) is 5. The van der Waals surface area contributed by atoms with Gasteiger partial charge < -0.3 is 9.84 Å². The zero-order chi connectivity index (χ0) is 22.1. The quantitative estimate of drug-likeness (QED) is 0.287. The molecule has 0 unspecified atom stereocenters. The zero-order valence-electron chi connectivity index (χ0n) is 17.2. The lowest BCUT2D eigenvalue weighted by Crippen LogP contribution is -2.29. The first-order valence-corrected chi connectivity index (χ1v) is 11.5. The van der Waals surface area contributed by atoms with Gasteiger partial charge in [0.25, 0.3) is 5.91 Å². The molecular weight excluding hydrogens is 430 g/mol. The van der Waals surface area contributed by atoms with E-state index in [-0.39, 0.29) is 12.3 Å². The summed E-state index contributed by atoms with van der Waals surface area (Å²) in [6, 6.07) is 17.9. The zero-order valence-corrected chi connectivity index (χ0v) is 18.8. The molecule has 1 amide bonds. The van der Waals surface area contributed by atoms with Crippen LogP contribution in [0.2, 0.25) is 0 Å². The molecule has 3 rings (SSSR count). The first kappa shape index (κ1) is 23.0. The monoisotopic (exact) mass is 455 g/mol. The van der Waals surface area contributed by atoms with Crippen molar-refractivity contribution in [2.24, 2.45) is 0 Å². The van der Waals surface area contributed by atoms with E-state index in [1.807, 2.05) is 48.5 Å². The van der Waals surface area contributed by atoms with Crippen LogP contribution in [0, 0.1) is 0 Å². The Morgan fingerprint density at radius 3 is 2.52 bits per heavy atom. The second-order valence-corrected chi connectivity index (χ2v) is 8.87. The molecule has 1 saturated heterocycles. The molecule has 1 aliphatic heterocycles. The highest BCUT2D eigenvalue weighted by atomic mass is 32.2. The van der Waals surface area contributed by atoms with Crippen molar-refractivity contribution in [3.8, 4) is 5.75 Å². The molecule has 1 N–H and O–H groups in total. The van der Waals surface area contributed by atoms with E-state index in [2.05, 4.69) is 12.1 Å². The van der Waals surface area contributed by atoms with Crippen molar-refractivity contribution in [2.75, 3.05) is 13.2 Å². The Balaban J connectivity index is 1.48. The number of nitrogens with zero attached hydrogens (tertiary/aromatic N) is 1. The number of thiocarbonyl (C=S) groups is 1. The van der Waals surface area contributed by atoms with Gasteiger partial charge in [-0.2, -0.15) is 0 Å². The summed E-state index contributed by atoms with van der Waals surface area (Å²) >= 11 is 6.66. The SMILES string of the molecule is O=C(O)CCCCCN1C(=O)/C(=C/c2ccc(OCCc3ccccc3)cc2)SC1=S. The van der Waals surface area contributed by atoms with Crippen LogP contribution in [0.5, 0.6) is 5.75 Å². The van der Waals surface area contributed by atoms with Gasteiger partial charge in [-0.3, -0.25) is 14.5 Å². The van der Waals surface area contributed by atoms with Crippen molar-refractivity contribution in [3.63, 3.8) is 0 Å². The van der Waals surface area contributed by atoms with Crippen LogP contribution in [0.1, 0.15) is 36.8 Å². The van der Waals surface area contributed by atoms with Gasteiger partial charge in [0, 0.05) is 19.4 Å². The fourth-order valence-electron chi connectivity index (χ4n) is 3.16. The predicted molar refractivity (Wildman–Crippen MR) is 128 cm³/mol. The second kappa shape index (κ2) is 11.7. The van der Waals surface area contributed by atoms with Gasteiger partial charge in [-0.15, -0.1) is 0 Å². The maximum Gasteiger partial charge on any atom is 0.303 e. The molecule has 162 valence electrons. The van der Waals surface area contributed by atoms with Crippen molar-refractivity contribution >= 4 is 46.3 Å². The van der Waals surface area contributed by atoms with Gasteiger partial charge in [-0.25, -0.2) is 0 Å². The van der Waals surface area contributed by atoms with Crippen molar-refractivity contribution < 1.29 is 19.4 Å². The molecule has 1 aliphatic rings. The highest BCUT2D eigenvalue weighted by Crippen LogP contribution is 2.33. The number of carbonyl (C=O) groups is 2. The van der Waals surface area contributed by atoms with Crippen LogP contribution in [-0.4, -0.2) is 39.4 Å². The molecule has 0 aromatic heterocycles. The summed E-state index contributed by atoms with van der Waals surface area (Å²) in [5.41, 5.74) is 2.15. The van der Waals surface area contributed by atoms with Crippen molar-refractivity contribution in [1.29, 1.82) is 0 Å². The van der Waals surface area contributed by atoms with E-state index in [1.54, 1.807) is 4.90 Å². The number of unbranched alkanes of at least 4 members (excludes halogenated alkanes) is 2. The summed E-state index contributed by atoms with van der Waals surface area (Å²) in [4.78, 5) is 25.4. The lowest BCUT2D eigenvalue weighted by molar-refractivity contribution is -0.137. The Morgan fingerprint density at radius 1 is 1.06 bits per heavy atom. The molecule has 2 aromatic rings. The molecule has 2 aromatic carbocycles. The molecule has 5 nitrogen and oxygen atoms in total. The minimum Gasteiger partial charge on any atom is -0.493 e. The smallest absolute Gasteiger partial charge is 0.303 e. The second-order valence-electron chi connectivity index (χ2n) is 7.19. The third kappa shape index (κ3) is 7.22. The van der Waals surface area contributed by atoms with Gasteiger partial charge in [-0.1, -0.05) is 72.9 Å². The minimum absolute atomic E-state index is 0.0866. The van der Waals surface area contributed by atoms with Crippen molar-refractivity contribution in [1.82, 2.24) is 4.90 Å². The summed E-state index contributed by atoms with van der Waals surface area (Å²) in [5.74, 6) is -0.0837. The van der Waals surface area contributed by atoms with Crippen LogP contribution >= 0.6 is 24.0 Å². The van der Waals surface area contributed by atoms with E-state index in [1.165, 1.54) is 17.3 Å². The summed E-state index contributed by atoms with van der Waals surface area (Å²) in [5, 5.41) is 8.69. The maximum atomic E-state index is 12.7. The molecule has 0 spiro atoms. The Morgan fingerprint density at radius 2 is 1.81 bits per heavy atom. The summed E-state index contributed by atoms with van der Waals surface area (Å²) in [7, 11) is 0. The lowest BCUT2D eigenvalue weighted by Gasteiger charge is -2.13. The molecule has 7 heteroatoms. The van der Waals surface area contributed by atoms with E-state index in [4.69, 9.17) is 22.1 Å². The highest BCUT2D eigenvalue weighted by Gasteiger charge is 2.31. The number of amides is 1. The van der Waals surface area contributed by atoms with Crippen LogP contribution in [0.4, 0.5) is 0 Å². The number of hydrogen-bond donors (Lipinski definition) is 1. The molecule has 0 aliphatic carbocycles. The Bertz CT molecular complexity index is 942. The predicted octanol–water partition coefficient (Wildman–Crippen LogP) is 5.15. The van der Waals surface area contributed by atoms with Crippen LogP contribution < -0.4 is 4.74 Å². The Hall–Kier alpha value is -2.64. The van der Waals surface area contributed by atoms with E-state index in [9.17, 15) is 9.59 Å². The minimum atomic E-state index is -0.791. The Labute approximate surface area is 192 Å². The average Bonchev–Trinajstić information content (AvgIpc) is 3.02. The van der Waals surface area contributed by atoms with Gasteiger partial charge in [0.1, 0.15) is 10.1 Å². The van der Waals surface area contributed by atoms with E-state index in [0.717, 1.165) is 30.6 Å². The normalized spacial score (nSPS) is 15.0. The summed E-state index contributed by atoms with van der Waals surface area (Å²) < 4.78 is 6.36. The van der Waals surface area contributed by atoms with Crippen LogP contribution in [-0.2, 0) is 16.0 Å². The first-order valence-electron chi connectivity index (χ1n) is 10.3. The first-order chi connectivity index (χ1) is 15.0. The van der Waals surface area contributed by atoms with Gasteiger partial charge >= 0.3 is 5.97 Å². The number of aliphatic carboxylic acids is 1. The molecule has 0 saturated carbocycles. The largest absolute Gasteiger partial charge is 0.493 e. The fourth-order valence-corrected chi connectivity index (χ4v) is 4.47. The van der Waals surface area contributed by atoms with E-state index in [0.29, 0.717) is 28.8 Å². The number of benzene rings is 2. The number of carbonyl (C=O) groups excluding carboxylic acids is 1. The third-order valence-corrected chi connectivity index (χ3v) is 6.20. The highest BCUT2D eigenvalue weighted by molar-refractivity contribution is 8.26. The number of thioether (sulfide) groups is 1. The maximum absolute atomic E-state index is 12.7. The third-order valence-electron chi connectivity index (χ3n) is 4.83. The summed E-state index contributed by atoms with van der Waals surface area (Å²) in [6.45, 7) is 1.13. The molecular formula is C24H25NO4S2. The average molecular weight is 456 g/mol. The lowest BCUT2D eigenvalue weighted by atomic mass is 10.1. The molecule has 0 radical (unpaired) electrons. The topological polar surface area (TPSA) is 66.8 Å². The Kier molecular flexibility index (Phi) is 8.67. The van der Waals surface area contributed by atoms with E-state index >= 15 is 0 Å². The van der Waals surface area contributed by atoms with Gasteiger partial charge in [0.05, 0.1) is 11.5 Å². The number of ether oxygens (including phenoxy) is 1. The molecule has 31 heavy (non-hydrogen) atoms. The van der Waals surface area contributed by atoms with Crippen LogP contribution in [0.15, 0.2) is 59.5 Å². The number of carboxylic acid groups (broad SMARTS) is 1. The van der Waals surface area contributed by atoms with Gasteiger partial charge in [0.15, 0.2) is 0 Å². The van der Waals surface area contributed by atoms with Crippen molar-refractivity contribution in [3.05, 3.63) is 70.6 Å². The van der Waals surface area contributed by atoms with Gasteiger partial charge in [-0.05, 0) is 42.2 Å². The number of rotatable bonds is 11. The summed E-state index contributed by atoms with van der Waals surface area (Å²) in [6.07, 6.45) is 4.96. The standard InChI is InChI=1S/C24H25NO4S2/c26-22(27)9-5-2-6-15-25-23(28)21(31-24(25)30)17-19-10-12-20(13-11-19)29-16-14-18-7-3-1-4-8-18/h1,3-4,7-8,10-13,17H,2,5-6,9,14-16H2,(H,26,27)/b21-17-. The van der Waals surface area contributed by atoms with E-state index < -0.39 is 5.97 Å². The van der Waals surface area contributed by atoms with Gasteiger partial charge in [0.2, 0.25) is 0 Å².